The van der Waals surface area contributed by atoms with Crippen LogP contribution in [0.1, 0.15) is 194 Å². The zero-order chi connectivity index (χ0) is 33.4. The van der Waals surface area contributed by atoms with E-state index in [-0.39, 0.29) is 61.7 Å². The molecule has 0 aromatic carbocycles. The first-order valence-electron chi connectivity index (χ1n) is 17.8. The van der Waals surface area contributed by atoms with Crippen molar-refractivity contribution < 1.29 is 34.5 Å². The van der Waals surface area contributed by atoms with Gasteiger partial charge in [0.2, 0.25) is 0 Å². The first kappa shape index (κ1) is 52.1. The average Bonchev–Trinajstić information content (AvgIpc) is 2.97. The van der Waals surface area contributed by atoms with Gasteiger partial charge in [0.05, 0.1) is 0 Å². The van der Waals surface area contributed by atoms with Crippen molar-refractivity contribution in [1.29, 1.82) is 0 Å². The molecule has 45 heavy (non-hydrogen) atoms. The number of unbranched alkanes of at least 4 members (excludes halogenated alkanes) is 22. The summed E-state index contributed by atoms with van der Waals surface area (Å²) in [6, 6.07) is 0. The molecular formula is C36H69BaO7P. The Balaban J connectivity index is -0.000000327. The molecule has 0 saturated carbocycles. The van der Waals surface area contributed by atoms with Gasteiger partial charge in [0.25, 0.3) is 0 Å². The molecule has 0 fully saturated rings. The number of allylic oxidation sites excluding steroid dienone is 4. The summed E-state index contributed by atoms with van der Waals surface area (Å²) in [5, 5.41) is 20.4. The molecule has 0 saturated heterocycles. The third-order valence-electron chi connectivity index (χ3n) is 7.29. The topological polar surface area (TPSA) is 141 Å². The maximum Gasteiger partial charge on any atom is 2.00 e. The van der Waals surface area contributed by atoms with Gasteiger partial charge in [0, 0.05) is 11.9 Å². The molecule has 0 atom stereocenters. The minimum atomic E-state index is -2.62. The fourth-order valence-electron chi connectivity index (χ4n) is 4.68. The Morgan fingerprint density at radius 2 is 0.644 bits per heavy atom. The normalized spacial score (nSPS) is 10.8. The van der Waals surface area contributed by atoms with Crippen LogP contribution < -0.4 is 10.2 Å². The smallest absolute Gasteiger partial charge is 0.550 e. The minimum absolute atomic E-state index is 0. The zero-order valence-corrected chi connectivity index (χ0v) is 34.6. The van der Waals surface area contributed by atoms with E-state index in [1.165, 1.54) is 128 Å². The van der Waals surface area contributed by atoms with Crippen molar-refractivity contribution in [1.82, 2.24) is 0 Å². The zero-order valence-electron chi connectivity index (χ0n) is 29.2. The molecule has 7 nitrogen and oxygen atoms in total. The van der Waals surface area contributed by atoms with Gasteiger partial charge in [-0.3, -0.25) is 0 Å². The number of carbonyl (C=O) groups excluding carboxylic acids is 2. The Bertz CT molecular complexity index is 578. The predicted molar refractivity (Wildman–Crippen MR) is 188 cm³/mol. The molecule has 0 aromatic heterocycles. The fourth-order valence-corrected chi connectivity index (χ4v) is 4.68. The minimum Gasteiger partial charge on any atom is -0.550 e. The Morgan fingerprint density at radius 3 is 0.867 bits per heavy atom. The van der Waals surface area contributed by atoms with Crippen LogP contribution in [0.25, 0.3) is 0 Å². The van der Waals surface area contributed by atoms with E-state index in [4.69, 9.17) is 14.7 Å². The molecule has 0 aliphatic heterocycles. The van der Waals surface area contributed by atoms with E-state index in [0.29, 0.717) is 0 Å². The molecule has 9 heteroatoms. The largest absolute Gasteiger partial charge is 2.00 e. The van der Waals surface area contributed by atoms with E-state index in [2.05, 4.69) is 38.2 Å². The van der Waals surface area contributed by atoms with Crippen molar-refractivity contribution >= 4 is 69.4 Å². The van der Waals surface area contributed by atoms with Crippen LogP contribution in [0.3, 0.4) is 0 Å². The molecule has 0 amide bonds. The van der Waals surface area contributed by atoms with Gasteiger partial charge < -0.3 is 34.5 Å². The van der Waals surface area contributed by atoms with Crippen molar-refractivity contribution in [2.75, 3.05) is 0 Å². The second kappa shape index (κ2) is 48.7. The van der Waals surface area contributed by atoms with E-state index in [9.17, 15) is 19.8 Å². The average molecular weight is 782 g/mol. The quantitative estimate of drug-likeness (QED) is 0.0288. The number of aliphatic carboxylic acids is 2. The predicted octanol–water partition coefficient (Wildman–Crippen LogP) is 8.36. The van der Waals surface area contributed by atoms with Crippen LogP contribution in [0.2, 0.25) is 0 Å². The monoisotopic (exact) mass is 782 g/mol. The third-order valence-corrected chi connectivity index (χ3v) is 7.29. The molecule has 0 aliphatic carbocycles. The number of carbonyl (C=O) groups is 2. The SMILES string of the molecule is CCCCCCCC/C=C\CCCCCCCC(=O)[O-].CCCCCCCC/C=C\CCCCCCCC(=O)[O-].OP(O)O.[Ba+2]. The number of hydrogen-bond acceptors (Lipinski definition) is 7. The molecule has 0 unspecified atom stereocenters. The molecular weight excluding hydrogens is 713 g/mol. The van der Waals surface area contributed by atoms with Crippen molar-refractivity contribution in [2.45, 2.75) is 194 Å². The van der Waals surface area contributed by atoms with Crippen LogP contribution in [0.4, 0.5) is 0 Å². The van der Waals surface area contributed by atoms with Crippen LogP contribution in [0, 0.1) is 0 Å². The van der Waals surface area contributed by atoms with E-state index < -0.39 is 20.5 Å². The molecule has 0 aromatic rings. The summed E-state index contributed by atoms with van der Waals surface area (Å²) in [5.74, 6) is -1.83. The van der Waals surface area contributed by atoms with Gasteiger partial charge in [-0.1, -0.05) is 141 Å². The van der Waals surface area contributed by atoms with Crippen LogP contribution in [0.15, 0.2) is 24.3 Å². The van der Waals surface area contributed by atoms with E-state index >= 15 is 0 Å². The fraction of sp³-hybridized carbons (Fsp3) is 0.833. The van der Waals surface area contributed by atoms with Crippen molar-refractivity contribution in [3.8, 4) is 0 Å². The van der Waals surface area contributed by atoms with Gasteiger partial charge >= 0.3 is 57.5 Å². The van der Waals surface area contributed by atoms with Crippen LogP contribution in [0.5, 0.6) is 0 Å². The molecule has 0 aliphatic rings. The standard InChI is InChI=1S/2C18H34O2.Ba.H3O3P/c2*1-2-3-4-5-6-7-8-9-10-11-12-13-14-15-16-17-18(19)20;;1-4(2)3/h2*9-10H,2-8,11-17H2,1H3,(H,19,20);;1-3H/q;;+2;/p-2/b2*10-9-;;. The second-order valence-corrected chi connectivity index (χ2v) is 12.2. The maximum absolute atomic E-state index is 10.2. The second-order valence-electron chi connectivity index (χ2n) is 11.7. The molecule has 0 spiro atoms. The van der Waals surface area contributed by atoms with E-state index in [1.807, 2.05) is 0 Å². The molecule has 262 valence electrons. The van der Waals surface area contributed by atoms with Gasteiger partial charge in [-0.25, -0.2) is 0 Å². The summed E-state index contributed by atoms with van der Waals surface area (Å²) in [6.45, 7) is 4.51. The van der Waals surface area contributed by atoms with Gasteiger partial charge in [0.1, 0.15) is 0 Å². The summed E-state index contributed by atoms with van der Waals surface area (Å²) >= 11 is 0. The number of carboxylic acids is 2. The van der Waals surface area contributed by atoms with E-state index in [0.717, 1.165) is 38.5 Å². The molecule has 0 bridgehead atoms. The molecule has 0 rings (SSSR count). The van der Waals surface area contributed by atoms with Gasteiger partial charge in [-0.15, -0.1) is 0 Å². The number of hydrogen-bond donors (Lipinski definition) is 3. The van der Waals surface area contributed by atoms with Gasteiger partial charge in [-0.2, -0.15) is 0 Å². The molecule has 0 heterocycles. The van der Waals surface area contributed by atoms with Crippen LogP contribution >= 0.6 is 8.60 Å². The number of carboxylic acid groups (broad SMARTS) is 2. The summed E-state index contributed by atoms with van der Waals surface area (Å²) < 4.78 is 0. The molecule has 3 N–H and O–H groups in total. The maximum atomic E-state index is 10.2. The van der Waals surface area contributed by atoms with Crippen molar-refractivity contribution in [2.24, 2.45) is 0 Å². The Labute approximate surface area is 319 Å². The molecule has 0 radical (unpaired) electrons. The third kappa shape index (κ3) is 67.4. The van der Waals surface area contributed by atoms with Crippen LogP contribution in [-0.2, 0) is 9.59 Å². The van der Waals surface area contributed by atoms with Crippen molar-refractivity contribution in [3.63, 3.8) is 0 Å². The summed E-state index contributed by atoms with van der Waals surface area (Å²) in [5.41, 5.74) is 0. The Kier molecular flexibility index (Phi) is 56.4. The Morgan fingerprint density at radius 1 is 0.444 bits per heavy atom. The van der Waals surface area contributed by atoms with Gasteiger partial charge in [-0.05, 0) is 77.0 Å². The van der Waals surface area contributed by atoms with Gasteiger partial charge in [0.15, 0.2) is 0 Å². The van der Waals surface area contributed by atoms with Crippen LogP contribution in [-0.4, -0.2) is 75.5 Å². The van der Waals surface area contributed by atoms with Crippen molar-refractivity contribution in [3.05, 3.63) is 24.3 Å². The van der Waals surface area contributed by atoms with E-state index in [1.54, 1.807) is 0 Å². The summed E-state index contributed by atoms with van der Waals surface area (Å²) in [4.78, 5) is 42.1. The Hall–Kier alpha value is 0.301. The first-order valence-corrected chi connectivity index (χ1v) is 19.0. The summed E-state index contributed by atoms with van der Waals surface area (Å²) in [6.07, 6.45) is 41.8. The number of rotatable bonds is 30. The summed E-state index contributed by atoms with van der Waals surface area (Å²) in [7, 11) is -2.62. The first-order chi connectivity index (χ1) is 21.3.